The summed E-state index contributed by atoms with van der Waals surface area (Å²) in [5.74, 6) is 0. The van der Waals surface area contributed by atoms with Crippen molar-refractivity contribution in [1.82, 2.24) is 13.9 Å². The molecule has 0 bridgehead atoms. The number of aromatic nitrogens is 2. The fourth-order valence-corrected chi connectivity index (χ4v) is 4.06. The second kappa shape index (κ2) is 7.13. The van der Waals surface area contributed by atoms with Crippen LogP contribution in [-0.2, 0) is 30.5 Å². The van der Waals surface area contributed by atoms with Gasteiger partial charge in [-0.25, -0.2) is 13.1 Å². The Morgan fingerprint density at radius 1 is 0.926 bits per heavy atom. The van der Waals surface area contributed by atoms with Crippen LogP contribution in [0.15, 0.2) is 56.9 Å². The zero-order valence-electron chi connectivity index (χ0n) is 15.4. The SMILES string of the molecule is Cc1cccc(CCNS(=O)(=O)c2ccc3c(c2)n(C)c(=O)c(=O)n3C)c1. The molecule has 1 N–H and O–H groups in total. The first kappa shape index (κ1) is 19.1. The third-order valence-corrected chi connectivity index (χ3v) is 6.02. The summed E-state index contributed by atoms with van der Waals surface area (Å²) in [6.07, 6.45) is 0.571. The van der Waals surface area contributed by atoms with Crippen molar-refractivity contribution in [3.05, 3.63) is 74.3 Å². The van der Waals surface area contributed by atoms with Crippen molar-refractivity contribution in [2.24, 2.45) is 14.1 Å². The van der Waals surface area contributed by atoms with Gasteiger partial charge in [-0.15, -0.1) is 0 Å². The monoisotopic (exact) mass is 387 g/mol. The lowest BCUT2D eigenvalue weighted by Crippen LogP contribution is -2.39. The van der Waals surface area contributed by atoms with Crippen molar-refractivity contribution in [2.75, 3.05) is 6.54 Å². The van der Waals surface area contributed by atoms with Crippen LogP contribution in [0.4, 0.5) is 0 Å². The van der Waals surface area contributed by atoms with Crippen molar-refractivity contribution >= 4 is 21.1 Å². The predicted octanol–water partition coefficient (Wildman–Crippen LogP) is 1.07. The molecule has 0 aliphatic carbocycles. The maximum Gasteiger partial charge on any atom is 0.316 e. The first-order valence-electron chi connectivity index (χ1n) is 8.46. The lowest BCUT2D eigenvalue weighted by atomic mass is 10.1. The average Bonchev–Trinajstić information content (AvgIpc) is 2.64. The smallest absolute Gasteiger partial charge is 0.305 e. The van der Waals surface area contributed by atoms with E-state index < -0.39 is 21.1 Å². The van der Waals surface area contributed by atoms with Crippen molar-refractivity contribution < 1.29 is 8.42 Å². The second-order valence-electron chi connectivity index (χ2n) is 6.52. The molecule has 0 unspecified atom stereocenters. The molecule has 1 aromatic heterocycles. The van der Waals surface area contributed by atoms with Crippen LogP contribution in [0.2, 0.25) is 0 Å². The highest BCUT2D eigenvalue weighted by atomic mass is 32.2. The van der Waals surface area contributed by atoms with E-state index >= 15 is 0 Å². The van der Waals surface area contributed by atoms with Gasteiger partial charge in [-0.1, -0.05) is 29.8 Å². The molecule has 0 spiro atoms. The van der Waals surface area contributed by atoms with Gasteiger partial charge < -0.3 is 9.13 Å². The van der Waals surface area contributed by atoms with E-state index in [1.54, 1.807) is 0 Å². The molecular formula is C19H21N3O4S. The van der Waals surface area contributed by atoms with E-state index in [2.05, 4.69) is 4.72 Å². The molecule has 3 rings (SSSR count). The predicted molar refractivity (Wildman–Crippen MR) is 105 cm³/mol. The molecule has 27 heavy (non-hydrogen) atoms. The Balaban J connectivity index is 1.89. The number of benzene rings is 2. The summed E-state index contributed by atoms with van der Waals surface area (Å²) < 4.78 is 30.2. The molecule has 7 nitrogen and oxygen atoms in total. The molecule has 0 aliphatic rings. The lowest BCUT2D eigenvalue weighted by Gasteiger charge is -2.12. The minimum atomic E-state index is -3.74. The van der Waals surface area contributed by atoms with Crippen LogP contribution < -0.4 is 15.8 Å². The van der Waals surface area contributed by atoms with E-state index in [0.717, 1.165) is 11.1 Å². The fraction of sp³-hybridized carbons (Fsp3) is 0.263. The molecule has 142 valence electrons. The molecular weight excluding hydrogens is 366 g/mol. The van der Waals surface area contributed by atoms with E-state index in [4.69, 9.17) is 0 Å². The van der Waals surface area contributed by atoms with Gasteiger partial charge in [0.05, 0.1) is 15.9 Å². The molecule has 0 aliphatic heterocycles. The molecule has 0 saturated carbocycles. The standard InChI is InChI=1S/C19H21N3O4S/c1-13-5-4-6-14(11-13)9-10-20-27(25,26)15-7-8-16-17(12-15)22(3)19(24)18(23)21(16)2/h4-8,11-12,20H,9-10H2,1-3H3. The van der Waals surface area contributed by atoms with Crippen LogP contribution >= 0.6 is 0 Å². The van der Waals surface area contributed by atoms with Crippen molar-refractivity contribution in [3.8, 4) is 0 Å². The highest BCUT2D eigenvalue weighted by Gasteiger charge is 2.16. The summed E-state index contributed by atoms with van der Waals surface area (Å²) in [7, 11) is -0.799. The zero-order valence-corrected chi connectivity index (χ0v) is 16.2. The maximum atomic E-state index is 12.6. The number of nitrogens with one attached hydrogen (secondary N) is 1. The van der Waals surface area contributed by atoms with Crippen LogP contribution in [-0.4, -0.2) is 24.1 Å². The van der Waals surface area contributed by atoms with Gasteiger partial charge in [-0.05, 0) is 37.1 Å². The van der Waals surface area contributed by atoms with E-state index in [1.165, 1.54) is 41.4 Å². The third-order valence-electron chi connectivity index (χ3n) is 4.56. The van der Waals surface area contributed by atoms with Crippen molar-refractivity contribution in [1.29, 1.82) is 0 Å². The maximum absolute atomic E-state index is 12.6. The average molecular weight is 387 g/mol. The number of hydrogen-bond donors (Lipinski definition) is 1. The molecule has 0 atom stereocenters. The third kappa shape index (κ3) is 3.72. The van der Waals surface area contributed by atoms with Gasteiger partial charge in [0, 0.05) is 20.6 Å². The van der Waals surface area contributed by atoms with E-state index in [1.807, 2.05) is 31.2 Å². The Labute approximate surface area is 156 Å². The molecule has 2 aromatic carbocycles. The van der Waals surface area contributed by atoms with Gasteiger partial charge in [0.2, 0.25) is 10.0 Å². The van der Waals surface area contributed by atoms with E-state index in [9.17, 15) is 18.0 Å². The van der Waals surface area contributed by atoms with Gasteiger partial charge in [-0.2, -0.15) is 0 Å². The lowest BCUT2D eigenvalue weighted by molar-refractivity contribution is 0.581. The number of nitrogens with zero attached hydrogens (tertiary/aromatic N) is 2. The number of rotatable bonds is 5. The minimum Gasteiger partial charge on any atom is -0.305 e. The molecule has 8 heteroatoms. The first-order chi connectivity index (χ1) is 12.7. The molecule has 0 radical (unpaired) electrons. The Bertz CT molecular complexity index is 1240. The summed E-state index contributed by atoms with van der Waals surface area (Å²) in [6.45, 7) is 2.25. The molecule has 1 heterocycles. The van der Waals surface area contributed by atoms with Crippen LogP contribution in [0.25, 0.3) is 11.0 Å². The number of fused-ring (bicyclic) bond motifs is 1. The van der Waals surface area contributed by atoms with Gasteiger partial charge >= 0.3 is 11.1 Å². The molecule has 0 fully saturated rings. The quantitative estimate of drug-likeness (QED) is 0.663. The molecule has 3 aromatic rings. The van der Waals surface area contributed by atoms with E-state index in [0.29, 0.717) is 17.5 Å². The number of sulfonamides is 1. The van der Waals surface area contributed by atoms with E-state index in [-0.39, 0.29) is 11.4 Å². The Morgan fingerprint density at radius 2 is 1.59 bits per heavy atom. The summed E-state index contributed by atoms with van der Waals surface area (Å²) in [5, 5.41) is 0. The number of hydrogen-bond acceptors (Lipinski definition) is 4. The summed E-state index contributed by atoms with van der Waals surface area (Å²) >= 11 is 0. The van der Waals surface area contributed by atoms with Gasteiger partial charge in [0.1, 0.15) is 0 Å². The number of aryl methyl sites for hydroxylation is 3. The highest BCUT2D eigenvalue weighted by Crippen LogP contribution is 2.16. The summed E-state index contributed by atoms with van der Waals surface area (Å²) in [6, 6.07) is 12.3. The summed E-state index contributed by atoms with van der Waals surface area (Å²) in [5.41, 5.74) is 1.68. The largest absolute Gasteiger partial charge is 0.316 e. The molecule has 0 amide bonds. The van der Waals surface area contributed by atoms with Gasteiger partial charge in [0.25, 0.3) is 0 Å². The Morgan fingerprint density at radius 3 is 2.26 bits per heavy atom. The Hall–Kier alpha value is -2.71. The highest BCUT2D eigenvalue weighted by molar-refractivity contribution is 7.89. The topological polar surface area (TPSA) is 90.2 Å². The van der Waals surface area contributed by atoms with Crippen LogP contribution in [0.3, 0.4) is 0 Å². The van der Waals surface area contributed by atoms with Crippen LogP contribution in [0.1, 0.15) is 11.1 Å². The summed E-state index contributed by atoms with van der Waals surface area (Å²) in [4.78, 5) is 23.9. The van der Waals surface area contributed by atoms with Gasteiger partial charge in [-0.3, -0.25) is 9.59 Å². The van der Waals surface area contributed by atoms with Crippen LogP contribution in [0, 0.1) is 6.92 Å². The minimum absolute atomic E-state index is 0.0490. The Kier molecular flexibility index (Phi) is 5.03. The second-order valence-corrected chi connectivity index (χ2v) is 8.28. The first-order valence-corrected chi connectivity index (χ1v) is 9.94. The zero-order chi connectivity index (χ0) is 19.8. The van der Waals surface area contributed by atoms with Crippen molar-refractivity contribution in [2.45, 2.75) is 18.2 Å². The van der Waals surface area contributed by atoms with Crippen molar-refractivity contribution in [3.63, 3.8) is 0 Å². The van der Waals surface area contributed by atoms with Crippen LogP contribution in [0.5, 0.6) is 0 Å². The molecule has 0 saturated heterocycles. The van der Waals surface area contributed by atoms with Gasteiger partial charge in [0.15, 0.2) is 0 Å². The normalized spacial score (nSPS) is 11.8. The fourth-order valence-electron chi connectivity index (χ4n) is 3.01.